The Morgan fingerprint density at radius 1 is 1.09 bits per heavy atom. The van der Waals surface area contributed by atoms with Crippen LogP contribution in [0.5, 0.6) is 5.75 Å². The Balaban J connectivity index is 1.20. The highest BCUT2D eigenvalue weighted by Gasteiger charge is 2.52. The van der Waals surface area contributed by atoms with Gasteiger partial charge in [-0.25, -0.2) is 0 Å². The summed E-state index contributed by atoms with van der Waals surface area (Å²) in [6.45, 7) is 3.02. The molecule has 0 bridgehead atoms. The zero-order chi connectivity index (χ0) is 31.0. The van der Waals surface area contributed by atoms with Crippen molar-refractivity contribution >= 4 is 29.1 Å². The van der Waals surface area contributed by atoms with E-state index < -0.39 is 17.4 Å². The molecule has 3 aromatic carbocycles. The minimum Gasteiger partial charge on any atom is -0.497 e. The number of β-lactam (4-membered cyclic amide) rings is 1. The first kappa shape index (κ1) is 29.6. The monoisotopic (exact) mass is 595 g/mol. The zero-order valence-corrected chi connectivity index (χ0v) is 25.0. The molecule has 44 heavy (non-hydrogen) atoms. The summed E-state index contributed by atoms with van der Waals surface area (Å²) in [5.74, 6) is -0.627. The van der Waals surface area contributed by atoms with Crippen molar-refractivity contribution in [1.82, 2.24) is 4.90 Å². The van der Waals surface area contributed by atoms with E-state index in [0.717, 1.165) is 22.4 Å². The number of benzene rings is 3. The van der Waals surface area contributed by atoms with Gasteiger partial charge in [-0.1, -0.05) is 55.5 Å². The van der Waals surface area contributed by atoms with Gasteiger partial charge in [0.05, 0.1) is 32.0 Å². The molecule has 0 radical (unpaired) electrons. The van der Waals surface area contributed by atoms with Crippen molar-refractivity contribution in [2.45, 2.75) is 50.9 Å². The van der Waals surface area contributed by atoms with Gasteiger partial charge < -0.3 is 29.6 Å². The average Bonchev–Trinajstić information content (AvgIpc) is 3.25. The SMILES string of the molecule is COc1ccc2c(c1)[C@](O)([C@@H](C)/C=C/CC(=O)N1Cc3ccccc3C[C@H]1CO)C(=O)N2Cc1ccc(N2CCC2=O)cc1. The van der Waals surface area contributed by atoms with Gasteiger partial charge in [0.15, 0.2) is 5.60 Å². The molecule has 0 unspecified atom stereocenters. The largest absolute Gasteiger partial charge is 0.497 e. The summed E-state index contributed by atoms with van der Waals surface area (Å²) in [5, 5.41) is 22.0. The van der Waals surface area contributed by atoms with Crippen LogP contribution in [-0.4, -0.2) is 59.1 Å². The highest BCUT2D eigenvalue weighted by atomic mass is 16.5. The fraction of sp³-hybridized carbons (Fsp3) is 0.343. The molecule has 0 aliphatic carbocycles. The molecule has 9 nitrogen and oxygen atoms in total. The minimum absolute atomic E-state index is 0.0772. The fourth-order valence-corrected chi connectivity index (χ4v) is 6.43. The van der Waals surface area contributed by atoms with E-state index in [1.807, 2.05) is 48.5 Å². The highest BCUT2D eigenvalue weighted by Crippen LogP contribution is 2.47. The van der Waals surface area contributed by atoms with Crippen LogP contribution in [0.15, 0.2) is 78.9 Å². The number of aliphatic hydroxyl groups excluding tert-OH is 1. The summed E-state index contributed by atoms with van der Waals surface area (Å²) in [4.78, 5) is 44.1. The number of hydrogen-bond acceptors (Lipinski definition) is 6. The quantitative estimate of drug-likeness (QED) is 0.289. The summed E-state index contributed by atoms with van der Waals surface area (Å²) in [6.07, 6.45) is 4.65. The Bertz CT molecular complexity index is 1620. The Labute approximate surface area is 257 Å². The van der Waals surface area contributed by atoms with Crippen LogP contribution in [0, 0.1) is 5.92 Å². The van der Waals surface area contributed by atoms with Gasteiger partial charge in [-0.15, -0.1) is 0 Å². The number of aliphatic hydroxyl groups is 2. The van der Waals surface area contributed by atoms with Crippen LogP contribution >= 0.6 is 0 Å². The van der Waals surface area contributed by atoms with Gasteiger partial charge in [-0.2, -0.15) is 0 Å². The number of rotatable bonds is 9. The predicted molar refractivity (Wildman–Crippen MR) is 166 cm³/mol. The molecule has 1 fully saturated rings. The van der Waals surface area contributed by atoms with Crippen LogP contribution in [-0.2, 0) is 39.5 Å². The maximum absolute atomic E-state index is 14.0. The molecule has 3 heterocycles. The highest BCUT2D eigenvalue weighted by molar-refractivity contribution is 6.07. The van der Waals surface area contributed by atoms with Gasteiger partial charge in [-0.3, -0.25) is 14.4 Å². The molecule has 0 spiro atoms. The molecule has 3 atom stereocenters. The number of anilines is 2. The first-order chi connectivity index (χ1) is 21.2. The molecule has 3 amide bonds. The Morgan fingerprint density at radius 3 is 2.50 bits per heavy atom. The lowest BCUT2D eigenvalue weighted by Gasteiger charge is -2.36. The zero-order valence-electron chi connectivity index (χ0n) is 25.0. The molecule has 9 heteroatoms. The molecule has 1 saturated heterocycles. The van der Waals surface area contributed by atoms with Gasteiger partial charge in [0, 0.05) is 43.1 Å². The number of fused-ring (bicyclic) bond motifs is 2. The van der Waals surface area contributed by atoms with Crippen molar-refractivity contribution < 1.29 is 29.3 Å². The summed E-state index contributed by atoms with van der Waals surface area (Å²) in [7, 11) is 1.54. The lowest BCUT2D eigenvalue weighted by atomic mass is 9.82. The molecule has 0 saturated carbocycles. The number of hydrogen-bond donors (Lipinski definition) is 2. The molecule has 6 rings (SSSR count). The second-order valence-electron chi connectivity index (χ2n) is 11.8. The van der Waals surface area contributed by atoms with E-state index in [1.165, 1.54) is 7.11 Å². The van der Waals surface area contributed by atoms with Crippen LogP contribution in [0.1, 0.15) is 42.0 Å². The van der Waals surface area contributed by atoms with Crippen LogP contribution in [0.25, 0.3) is 0 Å². The van der Waals surface area contributed by atoms with E-state index in [4.69, 9.17) is 4.74 Å². The number of carbonyl (C=O) groups is 3. The fourth-order valence-electron chi connectivity index (χ4n) is 6.43. The number of amides is 3. The molecule has 3 aliphatic rings. The summed E-state index contributed by atoms with van der Waals surface area (Å²) in [6, 6.07) is 20.4. The van der Waals surface area contributed by atoms with Crippen molar-refractivity contribution in [3.8, 4) is 5.75 Å². The molecule has 3 aromatic rings. The van der Waals surface area contributed by atoms with Crippen LogP contribution in [0.4, 0.5) is 11.4 Å². The van der Waals surface area contributed by atoms with Gasteiger partial charge >= 0.3 is 0 Å². The first-order valence-corrected chi connectivity index (χ1v) is 15.0. The lowest BCUT2D eigenvalue weighted by molar-refractivity contribution is -0.139. The normalized spacial score (nSPS) is 21.7. The van der Waals surface area contributed by atoms with Crippen molar-refractivity contribution in [3.05, 3.63) is 101 Å². The van der Waals surface area contributed by atoms with Gasteiger partial charge in [-0.05, 0) is 53.4 Å². The summed E-state index contributed by atoms with van der Waals surface area (Å²) < 4.78 is 5.43. The van der Waals surface area contributed by atoms with Crippen molar-refractivity contribution in [2.75, 3.05) is 30.1 Å². The van der Waals surface area contributed by atoms with Crippen LogP contribution < -0.4 is 14.5 Å². The summed E-state index contributed by atoms with van der Waals surface area (Å²) in [5.41, 5.74) is 3.06. The molecule has 228 valence electrons. The number of methoxy groups -OCH3 is 1. The molecular weight excluding hydrogens is 558 g/mol. The minimum atomic E-state index is -1.87. The van der Waals surface area contributed by atoms with E-state index in [2.05, 4.69) is 0 Å². The van der Waals surface area contributed by atoms with Crippen LogP contribution in [0.3, 0.4) is 0 Å². The second-order valence-corrected chi connectivity index (χ2v) is 11.8. The first-order valence-electron chi connectivity index (χ1n) is 15.0. The van der Waals surface area contributed by atoms with Gasteiger partial charge in [0.2, 0.25) is 11.8 Å². The average molecular weight is 596 g/mol. The Hall–Kier alpha value is -4.47. The number of ether oxygens (including phenoxy) is 1. The Morgan fingerprint density at radius 2 is 1.84 bits per heavy atom. The van der Waals surface area contributed by atoms with E-state index in [1.54, 1.807) is 52.0 Å². The molecular formula is C35H37N3O6. The standard InChI is InChI=1S/C35H37N3O6/c1-23(6-5-9-32(40)37-21-26-8-4-3-7-25(26)18-28(37)22-39)35(43)30-19-29(44-2)14-15-31(30)38(34(35)42)20-24-10-12-27(13-11-24)36-17-16-33(36)41/h3-8,10-15,19,23,28,39,43H,9,16-18,20-22H2,1-2H3/b6-5+/t23-,28-,35+/m0/s1. The maximum Gasteiger partial charge on any atom is 0.264 e. The van der Waals surface area contributed by atoms with E-state index in [0.29, 0.717) is 42.9 Å². The van der Waals surface area contributed by atoms with E-state index in [9.17, 15) is 24.6 Å². The van der Waals surface area contributed by atoms with Crippen molar-refractivity contribution in [2.24, 2.45) is 5.92 Å². The third kappa shape index (κ3) is 5.16. The van der Waals surface area contributed by atoms with Crippen LogP contribution in [0.2, 0.25) is 0 Å². The topological polar surface area (TPSA) is 111 Å². The second kappa shape index (κ2) is 11.9. The summed E-state index contributed by atoms with van der Waals surface area (Å²) >= 11 is 0. The third-order valence-corrected chi connectivity index (χ3v) is 9.18. The van der Waals surface area contributed by atoms with Gasteiger partial charge in [0.1, 0.15) is 5.75 Å². The van der Waals surface area contributed by atoms with Gasteiger partial charge in [0.25, 0.3) is 5.91 Å². The predicted octanol–water partition coefficient (Wildman–Crippen LogP) is 3.69. The lowest BCUT2D eigenvalue weighted by Crippen LogP contribution is -2.46. The van der Waals surface area contributed by atoms with Crippen molar-refractivity contribution in [1.29, 1.82) is 0 Å². The smallest absolute Gasteiger partial charge is 0.264 e. The maximum atomic E-state index is 14.0. The van der Waals surface area contributed by atoms with Crippen molar-refractivity contribution in [3.63, 3.8) is 0 Å². The number of nitrogens with zero attached hydrogens (tertiary/aromatic N) is 3. The number of carbonyl (C=O) groups excluding carboxylic acids is 3. The molecule has 3 aliphatic heterocycles. The molecule has 2 N–H and O–H groups in total. The third-order valence-electron chi connectivity index (χ3n) is 9.18. The molecule has 0 aromatic heterocycles. The van der Waals surface area contributed by atoms with E-state index >= 15 is 0 Å². The van der Waals surface area contributed by atoms with E-state index in [-0.39, 0.29) is 37.4 Å². The Kier molecular flexibility index (Phi) is 8.00.